The number of benzene rings is 1. The van der Waals surface area contributed by atoms with Crippen LogP contribution >= 0.6 is 0 Å². The Balaban J connectivity index is 1.52. The van der Waals surface area contributed by atoms with E-state index in [2.05, 4.69) is 22.0 Å². The number of carbonyl (C=O) groups excluding carboxylic acids is 1. The van der Waals surface area contributed by atoms with Crippen LogP contribution in [0.3, 0.4) is 0 Å². The fraction of sp³-hybridized carbons (Fsp3) is 0.625. The monoisotopic (exact) mass is 428 g/mol. The molecule has 1 N–H and O–H groups in total. The van der Waals surface area contributed by atoms with Crippen LogP contribution in [0.25, 0.3) is 10.9 Å². The van der Waals surface area contributed by atoms with Crippen LogP contribution in [-0.2, 0) is 25.4 Å². The first kappa shape index (κ1) is 20.8. The molecule has 2 aliphatic heterocycles. The van der Waals surface area contributed by atoms with Crippen molar-refractivity contribution in [3.05, 3.63) is 29.5 Å². The largest absolute Gasteiger partial charge is 0.497 e. The number of aromatic nitrogens is 1. The summed E-state index contributed by atoms with van der Waals surface area (Å²) in [6.45, 7) is 2.01. The molecule has 2 aromatic rings. The molecule has 0 unspecified atom stereocenters. The van der Waals surface area contributed by atoms with Gasteiger partial charge in [-0.1, -0.05) is 0 Å². The molecule has 1 aromatic heterocycles. The number of hydrogen-bond acceptors (Lipinski definition) is 6. The van der Waals surface area contributed by atoms with E-state index in [9.17, 15) is 4.79 Å². The number of esters is 1. The van der Waals surface area contributed by atoms with Crippen LogP contribution in [0.5, 0.6) is 5.75 Å². The molecule has 31 heavy (non-hydrogen) atoms. The Kier molecular flexibility index (Phi) is 5.44. The molecule has 6 atom stereocenters. The smallest absolute Gasteiger partial charge is 0.311 e. The van der Waals surface area contributed by atoms with Crippen molar-refractivity contribution in [2.45, 2.75) is 37.5 Å². The van der Waals surface area contributed by atoms with Crippen molar-refractivity contribution < 1.29 is 23.7 Å². The average Bonchev–Trinajstić information content (AvgIpc) is 3.19. The van der Waals surface area contributed by atoms with Crippen molar-refractivity contribution in [2.24, 2.45) is 17.8 Å². The highest BCUT2D eigenvalue weighted by Crippen LogP contribution is 2.50. The van der Waals surface area contributed by atoms with Crippen molar-refractivity contribution in [2.75, 3.05) is 41.5 Å². The summed E-state index contributed by atoms with van der Waals surface area (Å²) >= 11 is 0. The van der Waals surface area contributed by atoms with Gasteiger partial charge < -0.3 is 23.9 Å². The number of nitrogens with zero attached hydrogens (tertiary/aromatic N) is 1. The summed E-state index contributed by atoms with van der Waals surface area (Å²) in [4.78, 5) is 19.2. The van der Waals surface area contributed by atoms with Gasteiger partial charge in [0.05, 0.1) is 38.4 Å². The Morgan fingerprint density at radius 1 is 1.13 bits per heavy atom. The first-order valence-electron chi connectivity index (χ1n) is 11.2. The Labute approximate surface area is 183 Å². The van der Waals surface area contributed by atoms with Gasteiger partial charge in [0, 0.05) is 50.0 Å². The normalized spacial score (nSPS) is 32.8. The summed E-state index contributed by atoms with van der Waals surface area (Å²) < 4.78 is 22.2. The number of piperidine rings is 1. The lowest BCUT2D eigenvalue weighted by atomic mass is 9.64. The zero-order chi connectivity index (χ0) is 21.7. The van der Waals surface area contributed by atoms with Gasteiger partial charge in [-0.3, -0.25) is 9.69 Å². The molecular formula is C24H32N2O5. The fourth-order valence-corrected chi connectivity index (χ4v) is 6.47. The van der Waals surface area contributed by atoms with E-state index < -0.39 is 0 Å². The molecule has 0 spiro atoms. The minimum Gasteiger partial charge on any atom is -0.497 e. The van der Waals surface area contributed by atoms with Gasteiger partial charge in [0.15, 0.2) is 0 Å². The van der Waals surface area contributed by atoms with Crippen LogP contribution in [0.4, 0.5) is 0 Å². The van der Waals surface area contributed by atoms with E-state index in [0.717, 1.165) is 43.6 Å². The third-order valence-electron chi connectivity index (χ3n) is 7.90. The van der Waals surface area contributed by atoms with E-state index in [4.69, 9.17) is 18.9 Å². The topological polar surface area (TPSA) is 73.0 Å². The molecule has 5 rings (SSSR count). The second-order valence-electron chi connectivity index (χ2n) is 9.11. The summed E-state index contributed by atoms with van der Waals surface area (Å²) in [6.07, 6.45) is 2.49. The van der Waals surface area contributed by atoms with E-state index in [1.54, 1.807) is 21.3 Å². The second-order valence-corrected chi connectivity index (χ2v) is 9.11. The number of H-pyrrole nitrogens is 1. The standard InChI is InChI=1S/C24H32N2O5/c1-28-14-5-6-15-16-7-8-26-12-13-9-20(29-2)23(30-3)21(24(27)31-4)17(13)11-19(26)22(16)25-18(15)10-14/h5-6,10,13,17,19-21,23,25H,7-9,11-12H2,1-4H3/t13-,17+,19-,20-,21+,23-/m0/s1. The number of nitrogens with one attached hydrogen (secondary N) is 1. The number of carbonyl (C=O) groups is 1. The van der Waals surface area contributed by atoms with Gasteiger partial charge >= 0.3 is 5.97 Å². The molecule has 3 aliphatic rings. The lowest BCUT2D eigenvalue weighted by molar-refractivity contribution is -0.179. The summed E-state index contributed by atoms with van der Waals surface area (Å²) in [5.74, 6) is 0.961. The Morgan fingerprint density at radius 3 is 2.68 bits per heavy atom. The van der Waals surface area contributed by atoms with Crippen LogP contribution < -0.4 is 4.74 Å². The Hall–Kier alpha value is -2.09. The zero-order valence-corrected chi connectivity index (χ0v) is 18.7. The van der Waals surface area contributed by atoms with Crippen LogP contribution in [0, 0.1) is 17.8 Å². The second kappa shape index (κ2) is 8.11. The SMILES string of the molecule is COC(=O)[C@@H]1[C@@H]2C[C@H]3c4[nH]c5cc(OC)ccc5c4CCN3C[C@@H]2C[C@H](OC)[C@@H]1OC. The molecule has 1 aliphatic carbocycles. The molecule has 1 aromatic carbocycles. The van der Waals surface area contributed by atoms with Crippen molar-refractivity contribution in [3.63, 3.8) is 0 Å². The Bertz CT molecular complexity index is 972. The maximum atomic E-state index is 12.9. The molecule has 7 nitrogen and oxygen atoms in total. The van der Waals surface area contributed by atoms with E-state index in [1.165, 1.54) is 23.8 Å². The number of rotatable bonds is 4. The first-order chi connectivity index (χ1) is 15.1. The van der Waals surface area contributed by atoms with Gasteiger partial charge in [-0.25, -0.2) is 0 Å². The lowest BCUT2D eigenvalue weighted by Crippen LogP contribution is -2.58. The number of ether oxygens (including phenoxy) is 4. The quantitative estimate of drug-likeness (QED) is 0.755. The molecule has 0 bridgehead atoms. The van der Waals surface area contributed by atoms with E-state index in [1.807, 2.05) is 6.07 Å². The van der Waals surface area contributed by atoms with Crippen molar-refractivity contribution >= 4 is 16.9 Å². The molecular weight excluding hydrogens is 396 g/mol. The van der Waals surface area contributed by atoms with Crippen molar-refractivity contribution in [3.8, 4) is 5.75 Å². The first-order valence-corrected chi connectivity index (χ1v) is 11.2. The highest BCUT2D eigenvalue weighted by atomic mass is 16.5. The highest BCUT2D eigenvalue weighted by Gasteiger charge is 2.53. The van der Waals surface area contributed by atoms with Crippen LogP contribution in [0.1, 0.15) is 30.1 Å². The number of methoxy groups -OCH3 is 4. The van der Waals surface area contributed by atoms with Gasteiger partial charge in [0.1, 0.15) is 5.75 Å². The van der Waals surface area contributed by atoms with E-state index in [0.29, 0.717) is 5.92 Å². The van der Waals surface area contributed by atoms with E-state index in [-0.39, 0.29) is 36.1 Å². The van der Waals surface area contributed by atoms with Crippen LogP contribution in [0.2, 0.25) is 0 Å². The van der Waals surface area contributed by atoms with Gasteiger partial charge in [-0.05, 0) is 48.8 Å². The minimum absolute atomic E-state index is 0.0900. The van der Waals surface area contributed by atoms with Gasteiger partial charge in [-0.2, -0.15) is 0 Å². The molecule has 0 radical (unpaired) electrons. The maximum Gasteiger partial charge on any atom is 0.311 e. The lowest BCUT2D eigenvalue weighted by Gasteiger charge is -2.53. The van der Waals surface area contributed by atoms with Crippen molar-refractivity contribution in [1.29, 1.82) is 0 Å². The van der Waals surface area contributed by atoms with Gasteiger partial charge in [-0.15, -0.1) is 0 Å². The fourth-order valence-electron chi connectivity index (χ4n) is 6.47. The number of aromatic amines is 1. The minimum atomic E-state index is -0.310. The molecule has 1 saturated heterocycles. The summed E-state index contributed by atoms with van der Waals surface area (Å²) in [5.41, 5.74) is 3.82. The summed E-state index contributed by atoms with van der Waals surface area (Å²) in [7, 11) is 6.55. The van der Waals surface area contributed by atoms with Gasteiger partial charge in [0.25, 0.3) is 0 Å². The predicted molar refractivity (Wildman–Crippen MR) is 116 cm³/mol. The third kappa shape index (κ3) is 3.25. The van der Waals surface area contributed by atoms with Crippen molar-refractivity contribution in [1.82, 2.24) is 9.88 Å². The Morgan fingerprint density at radius 2 is 1.97 bits per heavy atom. The number of fused-ring (bicyclic) bond motifs is 6. The zero-order valence-electron chi connectivity index (χ0n) is 18.7. The molecule has 3 heterocycles. The molecule has 1 saturated carbocycles. The van der Waals surface area contributed by atoms with Crippen LogP contribution in [0.15, 0.2) is 18.2 Å². The summed E-state index contributed by atoms with van der Waals surface area (Å²) in [6, 6.07) is 6.54. The van der Waals surface area contributed by atoms with Gasteiger partial charge in [0.2, 0.25) is 0 Å². The predicted octanol–water partition coefficient (Wildman–Crippen LogP) is 2.93. The third-order valence-corrected chi connectivity index (χ3v) is 7.90. The van der Waals surface area contributed by atoms with E-state index >= 15 is 0 Å². The molecule has 0 amide bonds. The summed E-state index contributed by atoms with van der Waals surface area (Å²) in [5, 5.41) is 1.28. The molecule has 2 fully saturated rings. The average molecular weight is 429 g/mol. The molecule has 7 heteroatoms. The number of hydrogen-bond donors (Lipinski definition) is 1. The highest BCUT2D eigenvalue weighted by molar-refractivity contribution is 5.86. The maximum absolute atomic E-state index is 12.9. The molecule has 168 valence electrons. The van der Waals surface area contributed by atoms with Crippen LogP contribution in [-0.4, -0.2) is 69.6 Å².